The monoisotopic (exact) mass is 298 g/mol. The van der Waals surface area contributed by atoms with Gasteiger partial charge in [-0.15, -0.1) is 11.3 Å². The van der Waals surface area contributed by atoms with Gasteiger partial charge in [0.05, 0.1) is 18.9 Å². The molecule has 0 saturated carbocycles. The number of amides is 1. The van der Waals surface area contributed by atoms with Gasteiger partial charge < -0.3 is 20.8 Å². The Bertz CT molecular complexity index is 623. The van der Waals surface area contributed by atoms with Gasteiger partial charge in [-0.05, 0) is 18.2 Å². The molecule has 108 valence electrons. The molecule has 0 unspecified atom stereocenters. The summed E-state index contributed by atoms with van der Waals surface area (Å²) in [6, 6.07) is 4.18. The van der Waals surface area contributed by atoms with E-state index in [4.69, 9.17) is 15.9 Å². The first-order chi connectivity index (χ1) is 9.58. The van der Waals surface area contributed by atoms with E-state index < -0.39 is 5.82 Å². The van der Waals surface area contributed by atoms with E-state index >= 15 is 0 Å². The minimum atomic E-state index is -0.413. The number of hydrogen-bond donors (Lipinski definition) is 3. The number of carbonyl (C=O) groups excluding carboxylic acids is 1. The fraction of sp³-hybridized carbons (Fsp3) is 0.308. The Kier molecular flexibility index (Phi) is 4.53. The standard InChI is InChI=1S/C13H15FN2O3S/c14-8-1-2-10-9(7-8)11(15)12(20-10)13(19)16(3-5-17)4-6-18/h1-2,7,17-18H,3-6,15H2. The molecule has 0 aliphatic carbocycles. The van der Waals surface area contributed by atoms with Crippen molar-refractivity contribution in [1.29, 1.82) is 0 Å². The van der Waals surface area contributed by atoms with Gasteiger partial charge in [0.15, 0.2) is 0 Å². The Morgan fingerprint density at radius 2 is 1.95 bits per heavy atom. The Balaban J connectivity index is 2.40. The number of anilines is 1. The van der Waals surface area contributed by atoms with E-state index in [9.17, 15) is 9.18 Å². The zero-order valence-corrected chi connectivity index (χ0v) is 11.5. The molecule has 4 N–H and O–H groups in total. The van der Waals surface area contributed by atoms with E-state index in [1.54, 1.807) is 6.07 Å². The normalized spacial score (nSPS) is 10.9. The van der Waals surface area contributed by atoms with Gasteiger partial charge in [-0.2, -0.15) is 0 Å². The summed E-state index contributed by atoms with van der Waals surface area (Å²) >= 11 is 1.17. The largest absolute Gasteiger partial charge is 0.397 e. The zero-order valence-electron chi connectivity index (χ0n) is 10.7. The van der Waals surface area contributed by atoms with Crippen LogP contribution in [0.3, 0.4) is 0 Å². The molecule has 0 fully saturated rings. The van der Waals surface area contributed by atoms with E-state index in [1.165, 1.54) is 28.4 Å². The van der Waals surface area contributed by atoms with E-state index in [1.807, 2.05) is 0 Å². The molecule has 2 rings (SSSR count). The highest BCUT2D eigenvalue weighted by Gasteiger charge is 2.21. The molecular formula is C13H15FN2O3S. The van der Waals surface area contributed by atoms with Crippen molar-refractivity contribution < 1.29 is 19.4 Å². The summed E-state index contributed by atoms with van der Waals surface area (Å²) in [7, 11) is 0. The molecule has 20 heavy (non-hydrogen) atoms. The maximum Gasteiger partial charge on any atom is 0.266 e. The van der Waals surface area contributed by atoms with Crippen LogP contribution in [0.4, 0.5) is 10.1 Å². The first kappa shape index (κ1) is 14.7. The summed E-state index contributed by atoms with van der Waals surface area (Å²) in [5.41, 5.74) is 6.14. The van der Waals surface area contributed by atoms with Gasteiger partial charge in [-0.25, -0.2) is 4.39 Å². The molecule has 0 aliphatic rings. The lowest BCUT2D eigenvalue weighted by atomic mass is 10.2. The second-order valence-electron chi connectivity index (χ2n) is 4.22. The molecule has 0 atom stereocenters. The Labute approximate surface area is 119 Å². The molecule has 0 saturated heterocycles. The van der Waals surface area contributed by atoms with Gasteiger partial charge in [-0.3, -0.25) is 4.79 Å². The third kappa shape index (κ3) is 2.74. The lowest BCUT2D eigenvalue weighted by Crippen LogP contribution is -2.35. The highest BCUT2D eigenvalue weighted by molar-refractivity contribution is 7.21. The molecule has 0 spiro atoms. The highest BCUT2D eigenvalue weighted by atomic mass is 32.1. The Morgan fingerprint density at radius 3 is 2.55 bits per heavy atom. The first-order valence-corrected chi connectivity index (χ1v) is 6.88. The van der Waals surface area contributed by atoms with Crippen molar-refractivity contribution in [1.82, 2.24) is 4.90 Å². The number of nitrogens with zero attached hydrogens (tertiary/aromatic N) is 1. The summed E-state index contributed by atoms with van der Waals surface area (Å²) in [6.45, 7) is -0.181. The summed E-state index contributed by atoms with van der Waals surface area (Å²) in [5.74, 6) is -0.782. The Morgan fingerprint density at radius 1 is 1.30 bits per heavy atom. The number of halogens is 1. The van der Waals surface area contributed by atoms with Crippen molar-refractivity contribution in [3.63, 3.8) is 0 Å². The maximum absolute atomic E-state index is 13.2. The predicted octanol–water partition coefficient (Wildman–Crippen LogP) is 1.05. The van der Waals surface area contributed by atoms with E-state index in [2.05, 4.69) is 0 Å². The first-order valence-electron chi connectivity index (χ1n) is 6.07. The van der Waals surface area contributed by atoms with Gasteiger partial charge in [0, 0.05) is 23.2 Å². The van der Waals surface area contributed by atoms with Gasteiger partial charge >= 0.3 is 0 Å². The minimum Gasteiger partial charge on any atom is -0.397 e. The topological polar surface area (TPSA) is 86.8 Å². The third-order valence-corrected chi connectivity index (χ3v) is 4.08. The van der Waals surface area contributed by atoms with Crippen LogP contribution >= 0.6 is 11.3 Å². The van der Waals surface area contributed by atoms with E-state index in [0.717, 1.165) is 4.70 Å². The van der Waals surface area contributed by atoms with Gasteiger partial charge in [-0.1, -0.05) is 0 Å². The number of aliphatic hydroxyl groups is 2. The molecule has 1 heterocycles. The van der Waals surface area contributed by atoms with Crippen molar-refractivity contribution in [3.05, 3.63) is 28.9 Å². The molecule has 7 heteroatoms. The number of fused-ring (bicyclic) bond motifs is 1. The fourth-order valence-corrected chi connectivity index (χ4v) is 3.02. The predicted molar refractivity (Wildman–Crippen MR) is 76.3 cm³/mol. The SMILES string of the molecule is Nc1c(C(=O)N(CCO)CCO)sc2ccc(F)cc12. The van der Waals surface area contributed by atoms with Crippen molar-refractivity contribution >= 4 is 33.0 Å². The van der Waals surface area contributed by atoms with Crippen molar-refractivity contribution in [2.24, 2.45) is 0 Å². The van der Waals surface area contributed by atoms with Crippen LogP contribution in [0.15, 0.2) is 18.2 Å². The summed E-state index contributed by atoms with van der Waals surface area (Å²) in [4.78, 5) is 14.0. The molecule has 1 aromatic heterocycles. The number of hydrogen-bond acceptors (Lipinski definition) is 5. The molecule has 5 nitrogen and oxygen atoms in total. The minimum absolute atomic E-state index is 0.113. The third-order valence-electron chi connectivity index (χ3n) is 2.91. The van der Waals surface area contributed by atoms with Crippen LogP contribution in [0.1, 0.15) is 9.67 Å². The number of carbonyl (C=O) groups is 1. The van der Waals surface area contributed by atoms with Gasteiger partial charge in [0.2, 0.25) is 0 Å². The van der Waals surface area contributed by atoms with E-state index in [0.29, 0.717) is 10.3 Å². The zero-order chi connectivity index (χ0) is 14.7. The molecular weight excluding hydrogens is 283 g/mol. The fourth-order valence-electron chi connectivity index (χ4n) is 1.95. The van der Waals surface area contributed by atoms with E-state index in [-0.39, 0.29) is 37.9 Å². The molecule has 0 radical (unpaired) electrons. The van der Waals surface area contributed by atoms with Crippen LogP contribution in [-0.2, 0) is 0 Å². The summed E-state index contributed by atoms with van der Waals surface area (Å²) in [6.07, 6.45) is 0. The number of nitrogen functional groups attached to an aromatic ring is 1. The summed E-state index contributed by atoms with van der Waals surface area (Å²) < 4.78 is 13.9. The second-order valence-corrected chi connectivity index (χ2v) is 5.28. The van der Waals surface area contributed by atoms with Crippen LogP contribution in [-0.4, -0.2) is 47.3 Å². The maximum atomic E-state index is 13.2. The molecule has 2 aromatic rings. The van der Waals surface area contributed by atoms with Crippen LogP contribution in [0.2, 0.25) is 0 Å². The molecule has 1 amide bonds. The van der Waals surface area contributed by atoms with Crippen LogP contribution in [0, 0.1) is 5.82 Å². The number of nitrogens with two attached hydrogens (primary N) is 1. The number of benzene rings is 1. The van der Waals surface area contributed by atoms with Crippen LogP contribution < -0.4 is 5.73 Å². The van der Waals surface area contributed by atoms with Gasteiger partial charge in [0.1, 0.15) is 10.7 Å². The van der Waals surface area contributed by atoms with Crippen molar-refractivity contribution in [3.8, 4) is 0 Å². The molecule has 0 bridgehead atoms. The lowest BCUT2D eigenvalue weighted by Gasteiger charge is -2.20. The van der Waals surface area contributed by atoms with Crippen LogP contribution in [0.25, 0.3) is 10.1 Å². The number of rotatable bonds is 5. The number of aliphatic hydroxyl groups excluding tert-OH is 2. The average Bonchev–Trinajstić information content (AvgIpc) is 2.75. The van der Waals surface area contributed by atoms with Gasteiger partial charge in [0.25, 0.3) is 5.91 Å². The second kappa shape index (κ2) is 6.17. The molecule has 0 aliphatic heterocycles. The Hall–Kier alpha value is -1.70. The number of thiophene rings is 1. The highest BCUT2D eigenvalue weighted by Crippen LogP contribution is 2.34. The van der Waals surface area contributed by atoms with Crippen LogP contribution in [0.5, 0.6) is 0 Å². The van der Waals surface area contributed by atoms with Crippen molar-refractivity contribution in [2.75, 3.05) is 32.0 Å². The quantitative estimate of drug-likeness (QED) is 0.770. The molecule has 1 aromatic carbocycles. The average molecular weight is 298 g/mol. The van der Waals surface area contributed by atoms with Crippen molar-refractivity contribution in [2.45, 2.75) is 0 Å². The summed E-state index contributed by atoms with van der Waals surface area (Å²) in [5, 5.41) is 18.4. The smallest absolute Gasteiger partial charge is 0.266 e. The lowest BCUT2D eigenvalue weighted by molar-refractivity contribution is 0.0690.